The van der Waals surface area contributed by atoms with Gasteiger partial charge in [0.25, 0.3) is 5.78 Å². The molecule has 0 fully saturated rings. The molecule has 1 heterocycles. The monoisotopic (exact) mass is 531 g/mol. The highest BCUT2D eigenvalue weighted by molar-refractivity contribution is 5.95. The topological polar surface area (TPSA) is 146 Å². The minimum atomic E-state index is -5.18. The quantitative estimate of drug-likeness (QED) is 0.241. The fourth-order valence-corrected chi connectivity index (χ4v) is 3.91. The molecule has 0 aliphatic rings. The summed E-state index contributed by atoms with van der Waals surface area (Å²) in [5.41, 5.74) is 7.99. The van der Waals surface area contributed by atoms with Crippen molar-refractivity contribution < 1.29 is 32.3 Å². The number of carbonyl (C=O) groups is 4. The molecule has 2 unspecified atom stereocenters. The van der Waals surface area contributed by atoms with Crippen LogP contribution in [0.2, 0.25) is 0 Å². The molecule has 6 N–H and O–H groups in total. The molecule has 12 heteroatoms. The molecule has 0 aliphatic heterocycles. The summed E-state index contributed by atoms with van der Waals surface area (Å²) in [4.78, 5) is 52.3. The van der Waals surface area contributed by atoms with Crippen LogP contribution in [-0.4, -0.2) is 53.3 Å². The molecule has 0 saturated heterocycles. The predicted molar refractivity (Wildman–Crippen MR) is 135 cm³/mol. The van der Waals surface area contributed by atoms with E-state index in [4.69, 9.17) is 5.73 Å². The first-order valence-corrected chi connectivity index (χ1v) is 11.9. The van der Waals surface area contributed by atoms with E-state index >= 15 is 0 Å². The van der Waals surface area contributed by atoms with Crippen LogP contribution in [0.4, 0.5) is 18.9 Å². The molecule has 3 rings (SSSR count). The Hall–Kier alpha value is -4.35. The van der Waals surface area contributed by atoms with Gasteiger partial charge in [0.15, 0.2) is 0 Å². The number of aromatic amines is 1. The lowest BCUT2D eigenvalue weighted by Crippen LogP contribution is -2.53. The number of ketones is 1. The molecule has 38 heavy (non-hydrogen) atoms. The highest BCUT2D eigenvalue weighted by Gasteiger charge is 2.44. The van der Waals surface area contributed by atoms with Gasteiger partial charge in [0, 0.05) is 42.0 Å². The molecule has 0 spiro atoms. The van der Waals surface area contributed by atoms with Crippen molar-refractivity contribution in [2.24, 2.45) is 0 Å². The highest BCUT2D eigenvalue weighted by atomic mass is 19.4. The summed E-state index contributed by atoms with van der Waals surface area (Å²) >= 11 is 0. The summed E-state index contributed by atoms with van der Waals surface area (Å²) in [7, 11) is 0. The molecule has 0 aliphatic carbocycles. The third-order valence-corrected chi connectivity index (χ3v) is 5.91. The van der Waals surface area contributed by atoms with Crippen molar-refractivity contribution in [2.75, 3.05) is 12.3 Å². The summed E-state index contributed by atoms with van der Waals surface area (Å²) in [5, 5.41) is 7.57. The van der Waals surface area contributed by atoms with E-state index in [0.29, 0.717) is 27.7 Å². The van der Waals surface area contributed by atoms with Gasteiger partial charge in [0.1, 0.15) is 12.1 Å². The van der Waals surface area contributed by atoms with Crippen LogP contribution in [0, 0.1) is 0 Å². The van der Waals surface area contributed by atoms with Gasteiger partial charge in [-0.3, -0.25) is 19.2 Å². The molecule has 3 amide bonds. The number of nitrogens with two attached hydrogens (primary N) is 1. The second-order valence-electron chi connectivity index (χ2n) is 8.64. The lowest BCUT2D eigenvalue weighted by Gasteiger charge is -2.21. The van der Waals surface area contributed by atoms with Crippen LogP contribution in [0.15, 0.2) is 54.7 Å². The number of benzene rings is 2. The predicted octanol–water partition coefficient (Wildman–Crippen LogP) is 2.16. The Morgan fingerprint density at radius 2 is 1.53 bits per heavy atom. The lowest BCUT2D eigenvalue weighted by atomic mass is 10.0. The van der Waals surface area contributed by atoms with Gasteiger partial charge in [0.05, 0.1) is 6.54 Å². The number of alkyl halides is 3. The number of amides is 3. The van der Waals surface area contributed by atoms with E-state index in [1.165, 1.54) is 6.20 Å². The smallest absolute Gasteiger partial charge is 0.399 e. The first-order chi connectivity index (χ1) is 18.0. The van der Waals surface area contributed by atoms with E-state index in [-0.39, 0.29) is 12.8 Å². The van der Waals surface area contributed by atoms with E-state index in [0.717, 1.165) is 0 Å². The van der Waals surface area contributed by atoms with Crippen LogP contribution in [-0.2, 0) is 32.0 Å². The van der Waals surface area contributed by atoms with Crippen molar-refractivity contribution in [1.29, 1.82) is 0 Å². The molecule has 0 bridgehead atoms. The zero-order valence-electron chi connectivity index (χ0n) is 20.5. The average Bonchev–Trinajstić information content (AvgIpc) is 3.29. The second kappa shape index (κ2) is 12.3. The number of hydrogen-bond acceptors (Lipinski definition) is 5. The maximum absolute atomic E-state index is 13.3. The van der Waals surface area contributed by atoms with Crippen LogP contribution < -0.4 is 21.7 Å². The van der Waals surface area contributed by atoms with Crippen molar-refractivity contribution in [3.8, 4) is 0 Å². The second-order valence-corrected chi connectivity index (χ2v) is 8.64. The number of halogens is 3. The van der Waals surface area contributed by atoms with Gasteiger partial charge in [-0.05, 0) is 23.3 Å². The van der Waals surface area contributed by atoms with Crippen LogP contribution in [0.1, 0.15) is 24.5 Å². The number of hydrogen-bond donors (Lipinski definition) is 5. The Bertz CT molecular complexity index is 1320. The van der Waals surface area contributed by atoms with Gasteiger partial charge in [-0.25, -0.2) is 0 Å². The van der Waals surface area contributed by atoms with E-state index in [1.54, 1.807) is 55.5 Å². The fourth-order valence-electron chi connectivity index (χ4n) is 3.91. The van der Waals surface area contributed by atoms with E-state index in [2.05, 4.69) is 20.9 Å². The van der Waals surface area contributed by atoms with Gasteiger partial charge >= 0.3 is 6.18 Å². The van der Waals surface area contributed by atoms with Crippen molar-refractivity contribution in [1.82, 2.24) is 20.9 Å². The minimum absolute atomic E-state index is 0.0294. The number of Topliss-reactive ketones (excluding diaryl/α,β-unsaturated/α-hetero) is 1. The van der Waals surface area contributed by atoms with Crippen molar-refractivity contribution in [3.63, 3.8) is 0 Å². The van der Waals surface area contributed by atoms with Gasteiger partial charge in [-0.2, -0.15) is 13.2 Å². The van der Waals surface area contributed by atoms with Gasteiger partial charge in [-0.15, -0.1) is 0 Å². The summed E-state index contributed by atoms with van der Waals surface area (Å²) < 4.78 is 39.8. The van der Waals surface area contributed by atoms with Gasteiger partial charge < -0.3 is 26.7 Å². The summed E-state index contributed by atoms with van der Waals surface area (Å²) in [6.45, 7) is 0.886. The summed E-state index contributed by atoms with van der Waals surface area (Å²) in [6, 6.07) is 10.6. The number of aromatic nitrogens is 1. The third-order valence-electron chi connectivity index (χ3n) is 5.91. The number of rotatable bonds is 11. The maximum atomic E-state index is 13.3. The molecule has 2 aromatic carbocycles. The molecule has 202 valence electrons. The molecule has 3 aromatic rings. The van der Waals surface area contributed by atoms with Crippen LogP contribution >= 0.6 is 0 Å². The Morgan fingerprint density at radius 3 is 2.21 bits per heavy atom. The molecule has 0 radical (unpaired) electrons. The Balaban J connectivity index is 1.69. The fraction of sp³-hybridized carbons (Fsp3) is 0.308. The molecule has 1 aromatic heterocycles. The number of carbonyl (C=O) groups excluding carboxylic acids is 4. The highest BCUT2D eigenvalue weighted by Crippen LogP contribution is 2.23. The summed E-state index contributed by atoms with van der Waals surface area (Å²) in [5.74, 6) is -4.27. The van der Waals surface area contributed by atoms with E-state index < -0.39 is 54.7 Å². The number of nitrogen functional groups attached to an aromatic ring is 1. The largest absolute Gasteiger partial charge is 0.452 e. The standard InChI is InChI=1S/C26H28F3N5O4/c1-2-22(35)34-21(11-15-7-3-5-9-18(15)30)25(38)32-14-23(36)33-20(24(37)26(27,28)29)12-16-13-31-19-10-6-4-8-17(16)19/h3-10,13,20-21,31H,2,11-12,14,30H2,1H3,(H,32,38)(H,33,36)(H,34,35). The average molecular weight is 532 g/mol. The first-order valence-electron chi connectivity index (χ1n) is 11.9. The number of nitrogens with one attached hydrogen (secondary N) is 4. The normalized spacial score (nSPS) is 12.9. The van der Waals surface area contributed by atoms with Crippen LogP contribution in [0.5, 0.6) is 0 Å². The first kappa shape index (κ1) is 28.2. The SMILES string of the molecule is CCC(=O)NC(Cc1ccccc1N)C(=O)NCC(=O)NC(Cc1c[nH]c2ccccc12)C(=O)C(F)(F)F. The molecule has 9 nitrogen and oxygen atoms in total. The van der Waals surface area contributed by atoms with Crippen molar-refractivity contribution in [2.45, 2.75) is 44.4 Å². The minimum Gasteiger partial charge on any atom is -0.399 e. The Labute approximate surface area is 216 Å². The molecular formula is C26H28F3N5O4. The molecular weight excluding hydrogens is 503 g/mol. The number of H-pyrrole nitrogens is 1. The zero-order valence-corrected chi connectivity index (χ0v) is 20.5. The lowest BCUT2D eigenvalue weighted by molar-refractivity contribution is -0.173. The molecule has 0 saturated carbocycles. The van der Waals surface area contributed by atoms with E-state index in [1.807, 2.05) is 0 Å². The number of fused-ring (bicyclic) bond motifs is 1. The van der Waals surface area contributed by atoms with Gasteiger partial charge in [-0.1, -0.05) is 43.3 Å². The number of para-hydroxylation sites is 2. The van der Waals surface area contributed by atoms with E-state index in [9.17, 15) is 32.3 Å². The van der Waals surface area contributed by atoms with Crippen molar-refractivity contribution in [3.05, 3.63) is 65.9 Å². The maximum Gasteiger partial charge on any atom is 0.452 e. The molecule has 2 atom stereocenters. The number of anilines is 1. The van der Waals surface area contributed by atoms with Gasteiger partial charge in [0.2, 0.25) is 17.7 Å². The Kier molecular flexibility index (Phi) is 9.11. The van der Waals surface area contributed by atoms with Crippen LogP contribution in [0.25, 0.3) is 10.9 Å². The summed E-state index contributed by atoms with van der Waals surface area (Å²) in [6.07, 6.45) is -3.99. The van der Waals surface area contributed by atoms with Crippen molar-refractivity contribution >= 4 is 40.1 Å². The Morgan fingerprint density at radius 1 is 0.895 bits per heavy atom. The van der Waals surface area contributed by atoms with Crippen LogP contribution in [0.3, 0.4) is 0 Å². The zero-order chi connectivity index (χ0) is 27.9. The third kappa shape index (κ3) is 7.34.